The number of nitrogens with zero attached hydrogens (tertiary/aromatic N) is 3. The van der Waals surface area contributed by atoms with Crippen molar-refractivity contribution < 1.29 is 14.6 Å². The highest BCUT2D eigenvalue weighted by Crippen LogP contribution is 2.35. The Labute approximate surface area is 131 Å². The minimum Gasteiger partial charge on any atom is -0.481 e. The quantitative estimate of drug-likeness (QED) is 0.867. The highest BCUT2D eigenvalue weighted by atomic mass is 16.5. The number of aromatic nitrogens is 2. The van der Waals surface area contributed by atoms with Crippen molar-refractivity contribution in [3.8, 4) is 0 Å². The summed E-state index contributed by atoms with van der Waals surface area (Å²) in [6, 6.07) is 0. The molecule has 0 aromatic carbocycles. The Hall–Kier alpha value is -1.69. The maximum Gasteiger partial charge on any atom is 0.311 e. The lowest BCUT2D eigenvalue weighted by molar-refractivity contribution is -0.150. The number of ether oxygens (including phenoxy) is 1. The van der Waals surface area contributed by atoms with Crippen LogP contribution in [0.15, 0.2) is 6.20 Å². The van der Waals surface area contributed by atoms with E-state index in [0.29, 0.717) is 31.9 Å². The van der Waals surface area contributed by atoms with E-state index < -0.39 is 11.4 Å². The lowest BCUT2D eigenvalue weighted by Gasteiger charge is -2.40. The number of anilines is 1. The molecule has 1 N–H and O–H groups in total. The Balaban J connectivity index is 2.23. The smallest absolute Gasteiger partial charge is 0.311 e. The minimum atomic E-state index is -0.769. The number of piperidine rings is 1. The second-order valence-electron chi connectivity index (χ2n) is 6.01. The van der Waals surface area contributed by atoms with Crippen LogP contribution in [0.25, 0.3) is 0 Å². The normalized spacial score (nSPS) is 21.9. The zero-order chi connectivity index (χ0) is 16.2. The second-order valence-corrected chi connectivity index (χ2v) is 6.01. The number of carboxylic acids is 1. The van der Waals surface area contributed by atoms with Gasteiger partial charge < -0.3 is 14.7 Å². The monoisotopic (exact) mass is 307 g/mol. The molecule has 2 rings (SSSR count). The number of rotatable bonds is 6. The number of methoxy groups -OCH3 is 1. The van der Waals surface area contributed by atoms with Crippen LogP contribution in [0.4, 0.5) is 5.95 Å². The maximum absolute atomic E-state index is 11.8. The lowest BCUT2D eigenvalue weighted by atomic mass is 9.77. The molecule has 0 bridgehead atoms. The predicted molar refractivity (Wildman–Crippen MR) is 84.2 cm³/mol. The molecule has 2 heterocycles. The average Bonchev–Trinajstić information content (AvgIpc) is 2.53. The largest absolute Gasteiger partial charge is 0.481 e. The summed E-state index contributed by atoms with van der Waals surface area (Å²) in [5, 5.41) is 9.70. The first-order valence-electron chi connectivity index (χ1n) is 7.82. The first-order chi connectivity index (χ1) is 10.5. The molecule has 1 saturated heterocycles. The second kappa shape index (κ2) is 7.05. The summed E-state index contributed by atoms with van der Waals surface area (Å²) in [4.78, 5) is 22.8. The topological polar surface area (TPSA) is 75.6 Å². The van der Waals surface area contributed by atoms with Crippen LogP contribution in [0.5, 0.6) is 0 Å². The van der Waals surface area contributed by atoms with Crippen molar-refractivity contribution in [2.24, 2.45) is 5.41 Å². The van der Waals surface area contributed by atoms with Gasteiger partial charge in [-0.05, 0) is 38.2 Å². The zero-order valence-corrected chi connectivity index (χ0v) is 13.6. The van der Waals surface area contributed by atoms with Crippen LogP contribution in [0, 0.1) is 12.3 Å². The van der Waals surface area contributed by atoms with Crippen LogP contribution < -0.4 is 4.90 Å². The first kappa shape index (κ1) is 16.7. The molecule has 1 fully saturated rings. The molecule has 0 saturated carbocycles. The highest BCUT2D eigenvalue weighted by molar-refractivity contribution is 5.76. The molecule has 1 aromatic rings. The van der Waals surface area contributed by atoms with Gasteiger partial charge in [-0.3, -0.25) is 4.79 Å². The predicted octanol–water partition coefficient (Wildman–Crippen LogP) is 2.06. The molecular weight excluding hydrogens is 282 g/mol. The van der Waals surface area contributed by atoms with E-state index in [9.17, 15) is 9.90 Å². The van der Waals surface area contributed by atoms with Crippen molar-refractivity contribution in [1.82, 2.24) is 9.97 Å². The number of hydrogen-bond donors (Lipinski definition) is 1. The van der Waals surface area contributed by atoms with E-state index in [1.807, 2.05) is 18.0 Å². The summed E-state index contributed by atoms with van der Waals surface area (Å²) >= 11 is 0. The molecule has 6 nitrogen and oxygen atoms in total. The van der Waals surface area contributed by atoms with E-state index in [1.165, 1.54) is 0 Å². The van der Waals surface area contributed by atoms with Crippen LogP contribution in [-0.2, 0) is 16.0 Å². The van der Waals surface area contributed by atoms with Gasteiger partial charge in [-0.2, -0.15) is 0 Å². The molecule has 1 aliphatic rings. The summed E-state index contributed by atoms with van der Waals surface area (Å²) in [7, 11) is 1.60. The molecule has 6 heteroatoms. The molecule has 122 valence electrons. The van der Waals surface area contributed by atoms with Gasteiger partial charge in [0.25, 0.3) is 0 Å². The van der Waals surface area contributed by atoms with Gasteiger partial charge in [0.05, 0.1) is 5.41 Å². The summed E-state index contributed by atoms with van der Waals surface area (Å²) in [5.74, 6) is -0.109. The van der Waals surface area contributed by atoms with Crippen molar-refractivity contribution >= 4 is 11.9 Å². The third kappa shape index (κ3) is 3.38. The number of hydrogen-bond acceptors (Lipinski definition) is 5. The van der Waals surface area contributed by atoms with Crippen LogP contribution in [0.2, 0.25) is 0 Å². The van der Waals surface area contributed by atoms with Gasteiger partial charge in [0.15, 0.2) is 0 Å². The Kier molecular flexibility index (Phi) is 5.34. The van der Waals surface area contributed by atoms with Gasteiger partial charge in [-0.25, -0.2) is 9.97 Å². The molecule has 0 aliphatic carbocycles. The average molecular weight is 307 g/mol. The third-order valence-electron chi connectivity index (χ3n) is 4.50. The van der Waals surface area contributed by atoms with E-state index in [0.717, 1.165) is 30.6 Å². The van der Waals surface area contributed by atoms with Crippen LogP contribution in [0.1, 0.15) is 37.4 Å². The van der Waals surface area contributed by atoms with Crippen molar-refractivity contribution in [2.45, 2.75) is 39.5 Å². The number of aliphatic carboxylic acids is 1. The minimum absolute atomic E-state index is 0.442. The molecule has 1 aliphatic heterocycles. The van der Waals surface area contributed by atoms with Gasteiger partial charge in [-0.1, -0.05) is 6.92 Å². The standard InChI is InChI=1S/C16H25N3O3/c1-4-13-12(2)10-17-15(18-13)19-8-5-6-16(11-19,14(20)21)7-9-22-3/h10H,4-9,11H2,1-3H3,(H,20,21)/t16-/m0/s1. The zero-order valence-electron chi connectivity index (χ0n) is 13.6. The Morgan fingerprint density at radius 1 is 1.55 bits per heavy atom. The fraction of sp³-hybridized carbons (Fsp3) is 0.688. The van der Waals surface area contributed by atoms with Crippen molar-refractivity contribution in [2.75, 3.05) is 31.7 Å². The van der Waals surface area contributed by atoms with Crippen LogP contribution in [-0.4, -0.2) is 47.8 Å². The van der Waals surface area contributed by atoms with E-state index in [1.54, 1.807) is 7.11 Å². The summed E-state index contributed by atoms with van der Waals surface area (Å²) in [6.45, 7) is 5.76. The van der Waals surface area contributed by atoms with E-state index in [4.69, 9.17) is 4.74 Å². The lowest BCUT2D eigenvalue weighted by Crippen LogP contribution is -2.49. The molecule has 1 aromatic heterocycles. The molecule has 1 atom stereocenters. The first-order valence-corrected chi connectivity index (χ1v) is 7.82. The summed E-state index contributed by atoms with van der Waals surface area (Å²) in [6.07, 6.45) is 4.70. The molecule has 0 amide bonds. The fourth-order valence-corrected chi connectivity index (χ4v) is 3.06. The molecule has 0 spiro atoms. The van der Waals surface area contributed by atoms with Crippen molar-refractivity contribution in [3.63, 3.8) is 0 Å². The molecular formula is C16H25N3O3. The Morgan fingerprint density at radius 2 is 2.32 bits per heavy atom. The molecule has 0 unspecified atom stereocenters. The maximum atomic E-state index is 11.8. The number of aryl methyl sites for hydroxylation is 2. The summed E-state index contributed by atoms with van der Waals surface area (Å²) < 4.78 is 5.10. The highest BCUT2D eigenvalue weighted by Gasteiger charge is 2.42. The Bertz CT molecular complexity index is 535. The number of carboxylic acid groups (broad SMARTS) is 1. The van der Waals surface area contributed by atoms with E-state index in [2.05, 4.69) is 16.9 Å². The SMILES string of the molecule is CCc1nc(N2CCC[C@@](CCOC)(C(=O)O)C2)ncc1C. The summed E-state index contributed by atoms with van der Waals surface area (Å²) in [5.41, 5.74) is 1.33. The fourth-order valence-electron chi connectivity index (χ4n) is 3.06. The van der Waals surface area contributed by atoms with E-state index >= 15 is 0 Å². The van der Waals surface area contributed by atoms with Gasteiger partial charge in [-0.15, -0.1) is 0 Å². The van der Waals surface area contributed by atoms with Crippen LogP contribution in [0.3, 0.4) is 0 Å². The van der Waals surface area contributed by atoms with Gasteiger partial charge >= 0.3 is 5.97 Å². The van der Waals surface area contributed by atoms with E-state index in [-0.39, 0.29) is 0 Å². The third-order valence-corrected chi connectivity index (χ3v) is 4.50. The van der Waals surface area contributed by atoms with Gasteiger partial charge in [0.1, 0.15) is 0 Å². The van der Waals surface area contributed by atoms with Gasteiger partial charge in [0.2, 0.25) is 5.95 Å². The van der Waals surface area contributed by atoms with Gasteiger partial charge in [0, 0.05) is 38.7 Å². The molecule has 0 radical (unpaired) electrons. The number of carbonyl (C=O) groups is 1. The Morgan fingerprint density at radius 3 is 2.95 bits per heavy atom. The molecule has 22 heavy (non-hydrogen) atoms. The van der Waals surface area contributed by atoms with Crippen molar-refractivity contribution in [1.29, 1.82) is 0 Å². The van der Waals surface area contributed by atoms with Crippen molar-refractivity contribution in [3.05, 3.63) is 17.5 Å². The van der Waals surface area contributed by atoms with Crippen LogP contribution >= 0.6 is 0 Å².